The molecule has 0 aromatic rings. The Bertz CT molecular complexity index is 139. The van der Waals surface area contributed by atoms with Gasteiger partial charge in [0.1, 0.15) is 0 Å². The number of nitrogens with two attached hydrogens (primary N) is 2. The van der Waals surface area contributed by atoms with Gasteiger partial charge in [0.15, 0.2) is 0 Å². The molecule has 1 fully saturated rings. The minimum atomic E-state index is -0.429. The standard InChI is InChI=1S/C5H11N2OSe/c1-9-2-3(9)4(6)5(7)8/h3-4H,2,6H2,1H3,(H2,7,8)/t3-,4-/m0/s1. The van der Waals surface area contributed by atoms with Crippen molar-refractivity contribution in [3.8, 4) is 0 Å². The number of amides is 1. The van der Waals surface area contributed by atoms with Crippen LogP contribution in [0.15, 0.2) is 0 Å². The van der Waals surface area contributed by atoms with E-state index in [0.717, 1.165) is 0 Å². The van der Waals surface area contributed by atoms with Crippen LogP contribution in [0.5, 0.6) is 0 Å². The Morgan fingerprint density at radius 1 is 1.89 bits per heavy atom. The first-order valence-corrected chi connectivity index (χ1v) is 6.70. The van der Waals surface area contributed by atoms with Gasteiger partial charge in [-0.3, -0.25) is 0 Å². The number of carbonyl (C=O) groups excluding carboxylic acids is 1. The molecule has 0 aromatic heterocycles. The van der Waals surface area contributed by atoms with E-state index in [2.05, 4.69) is 5.82 Å². The normalized spacial score (nSPS) is 29.8. The van der Waals surface area contributed by atoms with E-state index in [1.54, 1.807) is 0 Å². The van der Waals surface area contributed by atoms with Crippen molar-refractivity contribution in [1.82, 2.24) is 0 Å². The van der Waals surface area contributed by atoms with Gasteiger partial charge >= 0.3 is 58.1 Å². The van der Waals surface area contributed by atoms with E-state index in [1.165, 1.54) is 5.32 Å². The molecule has 1 saturated heterocycles. The summed E-state index contributed by atoms with van der Waals surface area (Å²) in [6.45, 7) is 0. The predicted octanol–water partition coefficient (Wildman–Crippen LogP) is -0.693. The number of primary amides is 1. The molecule has 1 rings (SSSR count). The fraction of sp³-hybridized carbons (Fsp3) is 0.800. The van der Waals surface area contributed by atoms with Crippen LogP contribution in [-0.4, -0.2) is 25.8 Å². The van der Waals surface area contributed by atoms with Gasteiger partial charge in [-0.15, -0.1) is 0 Å². The maximum absolute atomic E-state index is 10.4. The molecular formula is C5H11N2OSe. The second-order valence-corrected chi connectivity index (χ2v) is 7.19. The van der Waals surface area contributed by atoms with Crippen molar-refractivity contribution in [3.63, 3.8) is 0 Å². The van der Waals surface area contributed by atoms with Crippen LogP contribution in [0.25, 0.3) is 0 Å². The first-order chi connectivity index (χ1) is 4.13. The van der Waals surface area contributed by atoms with Crippen molar-refractivity contribution in [1.29, 1.82) is 0 Å². The minimum absolute atomic E-state index is 0.340. The zero-order chi connectivity index (χ0) is 7.02. The third-order valence-corrected chi connectivity index (χ3v) is 5.65. The summed E-state index contributed by atoms with van der Waals surface area (Å²) in [6, 6.07) is -0.347. The molecule has 9 heavy (non-hydrogen) atoms. The third kappa shape index (κ3) is 1.45. The first-order valence-electron chi connectivity index (χ1n) is 2.79. The maximum atomic E-state index is 10.4. The Morgan fingerprint density at radius 2 is 2.33 bits per heavy atom. The summed E-state index contributed by atoms with van der Waals surface area (Å²) in [5.41, 5.74) is 10.5. The van der Waals surface area contributed by atoms with E-state index in [1.807, 2.05) is 0 Å². The zero-order valence-corrected chi connectivity index (χ0v) is 7.05. The van der Waals surface area contributed by atoms with Gasteiger partial charge in [-0.2, -0.15) is 0 Å². The van der Waals surface area contributed by atoms with Gasteiger partial charge in [0.05, 0.1) is 0 Å². The molecule has 0 aliphatic carbocycles. The Balaban J connectivity index is 2.36. The molecule has 1 aliphatic heterocycles. The van der Waals surface area contributed by atoms with Crippen molar-refractivity contribution in [2.24, 2.45) is 11.5 Å². The monoisotopic (exact) mass is 195 g/mol. The first kappa shape index (κ1) is 7.06. The van der Waals surface area contributed by atoms with Crippen LogP contribution in [0.4, 0.5) is 0 Å². The van der Waals surface area contributed by atoms with Crippen LogP contribution >= 0.6 is 0 Å². The molecule has 0 spiro atoms. The average Bonchev–Trinajstić information content (AvgIpc) is 2.44. The van der Waals surface area contributed by atoms with Gasteiger partial charge in [0.2, 0.25) is 0 Å². The summed E-state index contributed by atoms with van der Waals surface area (Å²) in [5, 5.41) is 1.18. The van der Waals surface area contributed by atoms with Gasteiger partial charge in [0, 0.05) is 0 Å². The molecule has 4 N–H and O–H groups in total. The molecule has 0 aromatic carbocycles. The zero-order valence-electron chi connectivity index (χ0n) is 5.33. The Labute approximate surface area is 58.7 Å². The summed E-state index contributed by atoms with van der Waals surface area (Å²) >= 11 is -0.429. The number of rotatable bonds is 2. The number of carbonyl (C=O) groups is 1. The Morgan fingerprint density at radius 3 is 2.44 bits per heavy atom. The molecular weight excluding hydrogens is 183 g/mol. The van der Waals surface area contributed by atoms with Crippen LogP contribution < -0.4 is 11.5 Å². The van der Waals surface area contributed by atoms with Crippen LogP contribution in [0, 0.1) is 0 Å². The number of hydrogen-bond donors (Lipinski definition) is 2. The SMILES string of the molecule is C[Se]1C[C@H]1[C@H](N)C(N)=O. The molecule has 53 valence electrons. The summed E-state index contributed by atoms with van der Waals surface area (Å²) in [4.78, 5) is 10.9. The van der Waals surface area contributed by atoms with Crippen LogP contribution in [-0.2, 0) is 4.79 Å². The van der Waals surface area contributed by atoms with Gasteiger partial charge in [0.25, 0.3) is 0 Å². The van der Waals surface area contributed by atoms with E-state index >= 15 is 0 Å². The summed E-state index contributed by atoms with van der Waals surface area (Å²) in [7, 11) is 0. The van der Waals surface area contributed by atoms with E-state index in [0.29, 0.717) is 4.82 Å². The molecule has 2 atom stereocenters. The Kier molecular flexibility index (Phi) is 1.80. The average molecular weight is 194 g/mol. The van der Waals surface area contributed by atoms with Crippen molar-refractivity contribution in [2.45, 2.75) is 22.0 Å². The molecule has 0 bridgehead atoms. The van der Waals surface area contributed by atoms with Crippen molar-refractivity contribution >= 4 is 19.8 Å². The fourth-order valence-corrected chi connectivity index (χ4v) is 4.93. The van der Waals surface area contributed by atoms with Gasteiger partial charge < -0.3 is 0 Å². The van der Waals surface area contributed by atoms with Gasteiger partial charge in [-0.25, -0.2) is 0 Å². The molecule has 3 nitrogen and oxygen atoms in total. The van der Waals surface area contributed by atoms with Crippen molar-refractivity contribution < 1.29 is 4.79 Å². The molecule has 0 unspecified atom stereocenters. The number of hydrogen-bond acceptors (Lipinski definition) is 2. The van der Waals surface area contributed by atoms with E-state index < -0.39 is 13.9 Å². The van der Waals surface area contributed by atoms with Gasteiger partial charge in [-0.05, 0) is 0 Å². The Hall–Kier alpha value is -0.0505. The molecule has 0 saturated carbocycles. The van der Waals surface area contributed by atoms with E-state index in [4.69, 9.17) is 11.5 Å². The molecule has 1 amide bonds. The second kappa shape index (κ2) is 2.29. The summed E-state index contributed by atoms with van der Waals surface area (Å²) in [6.07, 6.45) is 0. The van der Waals surface area contributed by atoms with E-state index in [9.17, 15) is 4.79 Å². The fourth-order valence-electron chi connectivity index (χ4n) is 0.757. The van der Waals surface area contributed by atoms with E-state index in [-0.39, 0.29) is 11.9 Å². The van der Waals surface area contributed by atoms with Crippen molar-refractivity contribution in [3.05, 3.63) is 0 Å². The molecule has 1 aliphatic rings. The van der Waals surface area contributed by atoms with Gasteiger partial charge in [-0.1, -0.05) is 0 Å². The third-order valence-electron chi connectivity index (χ3n) is 1.56. The van der Waals surface area contributed by atoms with Crippen LogP contribution in [0.1, 0.15) is 0 Å². The second-order valence-electron chi connectivity index (χ2n) is 2.32. The van der Waals surface area contributed by atoms with Crippen molar-refractivity contribution in [2.75, 3.05) is 0 Å². The van der Waals surface area contributed by atoms with Crippen LogP contribution in [0.3, 0.4) is 0 Å². The summed E-state index contributed by atoms with van der Waals surface area (Å²) in [5.74, 6) is 1.86. The molecule has 1 radical (unpaired) electrons. The quantitative estimate of drug-likeness (QED) is 0.571. The predicted molar refractivity (Wildman–Crippen MR) is 37.3 cm³/mol. The molecule has 1 heterocycles. The summed E-state index contributed by atoms with van der Waals surface area (Å²) < 4.78 is 0. The topological polar surface area (TPSA) is 69.1 Å². The van der Waals surface area contributed by atoms with Crippen LogP contribution in [0.2, 0.25) is 16.0 Å². The molecule has 4 heteroatoms.